The van der Waals surface area contributed by atoms with Crippen LogP contribution in [0.4, 0.5) is 0 Å². The lowest BCUT2D eigenvalue weighted by atomic mass is 10.1. The van der Waals surface area contributed by atoms with Gasteiger partial charge in [-0.2, -0.15) is 0 Å². The van der Waals surface area contributed by atoms with Gasteiger partial charge in [-0.1, -0.05) is 54.6 Å². The van der Waals surface area contributed by atoms with E-state index < -0.39 is 6.10 Å². The van der Waals surface area contributed by atoms with Gasteiger partial charge in [-0.25, -0.2) is 0 Å². The average Bonchev–Trinajstić information content (AvgIpc) is 2.45. The minimum atomic E-state index is -0.519. The maximum Gasteiger partial charge on any atom is 0.125 e. The second-order valence-electron chi connectivity index (χ2n) is 4.34. The Morgan fingerprint density at radius 1 is 1.05 bits per heavy atom. The maximum atomic E-state index is 9.64. The quantitative estimate of drug-likeness (QED) is 0.878. The van der Waals surface area contributed by atoms with Crippen LogP contribution in [0.1, 0.15) is 24.2 Å². The highest BCUT2D eigenvalue weighted by molar-refractivity contribution is 5.48. The zero-order valence-electron chi connectivity index (χ0n) is 11.0. The van der Waals surface area contributed by atoms with Gasteiger partial charge in [-0.15, -0.1) is 0 Å². The van der Waals surface area contributed by atoms with Crippen molar-refractivity contribution in [3.05, 3.63) is 71.8 Å². The minimum absolute atomic E-state index is 0.485. The summed E-state index contributed by atoms with van der Waals surface area (Å²) >= 11 is 0. The molecular formula is C17H18O2. The van der Waals surface area contributed by atoms with Crippen molar-refractivity contribution in [3.63, 3.8) is 0 Å². The SMILES string of the molecule is C[C@H](O)c1ccccc1OCC=Cc1ccccc1. The van der Waals surface area contributed by atoms with Gasteiger partial charge in [0.25, 0.3) is 0 Å². The van der Waals surface area contributed by atoms with Crippen LogP contribution < -0.4 is 4.74 Å². The average molecular weight is 254 g/mol. The number of hydrogen-bond acceptors (Lipinski definition) is 2. The second kappa shape index (κ2) is 6.76. The standard InChI is InChI=1S/C17H18O2/c1-14(18)16-11-5-6-12-17(16)19-13-7-10-15-8-3-2-4-9-15/h2-12,14,18H,13H2,1H3/t14-/m0/s1. The van der Waals surface area contributed by atoms with E-state index in [1.54, 1.807) is 6.92 Å². The van der Waals surface area contributed by atoms with E-state index in [1.807, 2.05) is 66.7 Å². The summed E-state index contributed by atoms with van der Waals surface area (Å²) in [7, 11) is 0. The summed E-state index contributed by atoms with van der Waals surface area (Å²) < 4.78 is 5.67. The van der Waals surface area contributed by atoms with Gasteiger partial charge in [0.2, 0.25) is 0 Å². The third-order valence-corrected chi connectivity index (χ3v) is 2.81. The van der Waals surface area contributed by atoms with Crippen LogP contribution in [0.5, 0.6) is 5.75 Å². The van der Waals surface area contributed by atoms with Crippen LogP contribution in [-0.4, -0.2) is 11.7 Å². The Morgan fingerprint density at radius 3 is 2.47 bits per heavy atom. The second-order valence-corrected chi connectivity index (χ2v) is 4.34. The third kappa shape index (κ3) is 3.97. The van der Waals surface area contributed by atoms with Crippen molar-refractivity contribution in [1.29, 1.82) is 0 Å². The fraction of sp³-hybridized carbons (Fsp3) is 0.176. The number of ether oxygens (including phenoxy) is 1. The summed E-state index contributed by atoms with van der Waals surface area (Å²) in [5.74, 6) is 0.732. The van der Waals surface area contributed by atoms with Gasteiger partial charge in [-0.3, -0.25) is 0 Å². The Labute approximate surface area is 114 Å². The molecule has 2 aromatic carbocycles. The summed E-state index contributed by atoms with van der Waals surface area (Å²) in [6, 6.07) is 17.6. The topological polar surface area (TPSA) is 29.5 Å². The van der Waals surface area contributed by atoms with E-state index in [0.717, 1.165) is 16.9 Å². The summed E-state index contributed by atoms with van der Waals surface area (Å²) in [5, 5.41) is 9.64. The lowest BCUT2D eigenvalue weighted by Crippen LogP contribution is -2.00. The van der Waals surface area contributed by atoms with Gasteiger partial charge in [-0.05, 0) is 24.6 Å². The lowest BCUT2D eigenvalue weighted by Gasteiger charge is -2.11. The van der Waals surface area contributed by atoms with Crippen molar-refractivity contribution in [3.8, 4) is 5.75 Å². The van der Waals surface area contributed by atoms with E-state index in [4.69, 9.17) is 4.74 Å². The zero-order valence-corrected chi connectivity index (χ0v) is 11.0. The first-order chi connectivity index (χ1) is 9.27. The third-order valence-electron chi connectivity index (χ3n) is 2.81. The molecule has 98 valence electrons. The normalized spacial score (nSPS) is 12.5. The highest BCUT2D eigenvalue weighted by Crippen LogP contribution is 2.24. The van der Waals surface area contributed by atoms with Gasteiger partial charge < -0.3 is 9.84 Å². The molecule has 0 aliphatic carbocycles. The van der Waals surface area contributed by atoms with Crippen LogP contribution in [0.15, 0.2) is 60.7 Å². The molecule has 0 aromatic heterocycles. The van der Waals surface area contributed by atoms with E-state index in [2.05, 4.69) is 0 Å². The summed E-state index contributed by atoms with van der Waals surface area (Å²) in [6.45, 7) is 2.22. The van der Waals surface area contributed by atoms with Crippen LogP contribution in [0, 0.1) is 0 Å². The van der Waals surface area contributed by atoms with E-state index in [-0.39, 0.29) is 0 Å². The zero-order chi connectivity index (χ0) is 13.5. The molecule has 0 unspecified atom stereocenters. The van der Waals surface area contributed by atoms with Crippen molar-refractivity contribution < 1.29 is 9.84 Å². The summed E-state index contributed by atoms with van der Waals surface area (Å²) in [5.41, 5.74) is 1.96. The van der Waals surface area contributed by atoms with Gasteiger partial charge in [0.15, 0.2) is 0 Å². The number of benzene rings is 2. The predicted molar refractivity (Wildman–Crippen MR) is 78.0 cm³/mol. The number of hydrogen-bond donors (Lipinski definition) is 1. The van der Waals surface area contributed by atoms with Gasteiger partial charge >= 0.3 is 0 Å². The number of para-hydroxylation sites is 1. The van der Waals surface area contributed by atoms with Gasteiger partial charge in [0.1, 0.15) is 12.4 Å². The van der Waals surface area contributed by atoms with Crippen molar-refractivity contribution in [2.45, 2.75) is 13.0 Å². The van der Waals surface area contributed by atoms with Crippen LogP contribution in [0.2, 0.25) is 0 Å². The fourth-order valence-corrected chi connectivity index (χ4v) is 1.84. The van der Waals surface area contributed by atoms with Gasteiger partial charge in [0, 0.05) is 5.56 Å². The van der Waals surface area contributed by atoms with Crippen molar-refractivity contribution in [2.24, 2.45) is 0 Å². The summed E-state index contributed by atoms with van der Waals surface area (Å²) in [4.78, 5) is 0. The Bertz CT molecular complexity index is 530. The highest BCUT2D eigenvalue weighted by atomic mass is 16.5. The van der Waals surface area contributed by atoms with Crippen molar-refractivity contribution in [2.75, 3.05) is 6.61 Å². The molecular weight excluding hydrogens is 236 g/mol. The molecule has 2 aromatic rings. The molecule has 0 spiro atoms. The van der Waals surface area contributed by atoms with E-state index >= 15 is 0 Å². The van der Waals surface area contributed by atoms with E-state index in [9.17, 15) is 5.11 Å². The molecule has 0 saturated heterocycles. The molecule has 0 saturated carbocycles. The van der Waals surface area contributed by atoms with Crippen LogP contribution in [-0.2, 0) is 0 Å². The largest absolute Gasteiger partial charge is 0.489 e. The van der Waals surface area contributed by atoms with Crippen molar-refractivity contribution >= 4 is 6.08 Å². The molecule has 2 heteroatoms. The molecule has 0 radical (unpaired) electrons. The smallest absolute Gasteiger partial charge is 0.125 e. The van der Waals surface area contributed by atoms with Crippen molar-refractivity contribution in [1.82, 2.24) is 0 Å². The van der Waals surface area contributed by atoms with Gasteiger partial charge in [0.05, 0.1) is 6.10 Å². The molecule has 0 fully saturated rings. The lowest BCUT2D eigenvalue weighted by molar-refractivity contribution is 0.193. The molecule has 1 N–H and O–H groups in total. The first kappa shape index (κ1) is 13.4. The first-order valence-electron chi connectivity index (χ1n) is 6.39. The maximum absolute atomic E-state index is 9.64. The molecule has 0 amide bonds. The molecule has 19 heavy (non-hydrogen) atoms. The molecule has 1 atom stereocenters. The Hall–Kier alpha value is -2.06. The first-order valence-corrected chi connectivity index (χ1v) is 6.39. The Kier molecular flexibility index (Phi) is 4.76. The molecule has 2 rings (SSSR count). The Morgan fingerprint density at radius 2 is 1.74 bits per heavy atom. The molecule has 0 bridgehead atoms. The Balaban J connectivity index is 1.95. The molecule has 0 aliphatic rings. The van der Waals surface area contributed by atoms with Crippen LogP contribution in [0.3, 0.4) is 0 Å². The number of aliphatic hydroxyl groups excluding tert-OH is 1. The predicted octanol–water partition coefficient (Wildman–Crippen LogP) is 3.83. The number of rotatable bonds is 5. The minimum Gasteiger partial charge on any atom is -0.489 e. The number of aliphatic hydroxyl groups is 1. The summed E-state index contributed by atoms with van der Waals surface area (Å²) in [6.07, 6.45) is 3.47. The van der Waals surface area contributed by atoms with Crippen LogP contribution in [0.25, 0.3) is 6.08 Å². The molecule has 2 nitrogen and oxygen atoms in total. The van der Waals surface area contributed by atoms with E-state index in [0.29, 0.717) is 6.61 Å². The van der Waals surface area contributed by atoms with E-state index in [1.165, 1.54) is 0 Å². The van der Waals surface area contributed by atoms with Crippen LogP contribution >= 0.6 is 0 Å². The highest BCUT2D eigenvalue weighted by Gasteiger charge is 2.06. The molecule has 0 heterocycles. The monoisotopic (exact) mass is 254 g/mol. The molecule has 0 aliphatic heterocycles. The fourth-order valence-electron chi connectivity index (χ4n) is 1.84.